The van der Waals surface area contributed by atoms with Crippen molar-refractivity contribution < 1.29 is 18.4 Å². The third kappa shape index (κ3) is 3.24. The van der Waals surface area contributed by atoms with Gasteiger partial charge in [-0.2, -0.15) is 4.98 Å². The molecule has 8 heteroatoms. The van der Waals surface area contributed by atoms with Gasteiger partial charge in [-0.05, 0) is 11.4 Å². The molecule has 3 aromatic rings. The lowest BCUT2D eigenvalue weighted by atomic mass is 10.3. The lowest BCUT2D eigenvalue weighted by Crippen LogP contribution is -2.10. The van der Waals surface area contributed by atoms with Crippen molar-refractivity contribution in [3.05, 3.63) is 41.2 Å². The van der Waals surface area contributed by atoms with E-state index in [0.717, 1.165) is 10.6 Å². The number of nitrogens with zero attached hydrogens (tertiary/aromatic N) is 3. The summed E-state index contributed by atoms with van der Waals surface area (Å²) in [5.74, 6) is 1.51. The molecule has 22 heavy (non-hydrogen) atoms. The predicted octanol–water partition coefficient (Wildman–Crippen LogP) is 2.71. The molecule has 1 unspecified atom stereocenters. The Hall–Kier alpha value is -2.03. The first-order valence-corrected chi connectivity index (χ1v) is 7.50. The summed E-state index contributed by atoms with van der Waals surface area (Å²) in [6, 6.07) is 3.91. The third-order valence-electron chi connectivity index (χ3n) is 2.99. The maximum absolute atomic E-state index is 5.46. The van der Waals surface area contributed by atoms with Crippen LogP contribution in [-0.4, -0.2) is 36.0 Å². The van der Waals surface area contributed by atoms with Crippen molar-refractivity contribution in [1.29, 1.82) is 0 Å². The van der Waals surface area contributed by atoms with Crippen LogP contribution in [0.2, 0.25) is 0 Å². The molecule has 0 aliphatic carbocycles. The third-order valence-corrected chi connectivity index (χ3v) is 3.85. The summed E-state index contributed by atoms with van der Waals surface area (Å²) in [6.07, 6.45) is 1.66. The molecule has 1 atom stereocenters. The molecular formula is C14H15N3O4S. The standard InChI is InChI=1S/C14H15N3O4S/c1-18-8-10(19-2)13-16-12(21-17-13)6-9-7-20-14(15-9)11-4-3-5-22-11/h3-5,7,10H,6,8H2,1-2H3. The highest BCUT2D eigenvalue weighted by Crippen LogP contribution is 2.24. The second-order valence-corrected chi connectivity index (χ2v) is 5.47. The van der Waals surface area contributed by atoms with Gasteiger partial charge in [-0.25, -0.2) is 4.98 Å². The minimum atomic E-state index is -0.346. The quantitative estimate of drug-likeness (QED) is 0.661. The summed E-state index contributed by atoms with van der Waals surface area (Å²) in [6.45, 7) is 0.363. The Kier molecular flexibility index (Phi) is 4.62. The van der Waals surface area contributed by atoms with E-state index in [4.69, 9.17) is 18.4 Å². The average molecular weight is 321 g/mol. The lowest BCUT2D eigenvalue weighted by molar-refractivity contribution is 0.0209. The van der Waals surface area contributed by atoms with Crippen molar-refractivity contribution in [2.24, 2.45) is 0 Å². The van der Waals surface area contributed by atoms with Crippen molar-refractivity contribution in [3.63, 3.8) is 0 Å². The molecule has 0 aliphatic heterocycles. The highest BCUT2D eigenvalue weighted by molar-refractivity contribution is 7.13. The summed E-state index contributed by atoms with van der Waals surface area (Å²) in [5, 5.41) is 5.89. The van der Waals surface area contributed by atoms with E-state index in [-0.39, 0.29) is 6.10 Å². The minimum Gasteiger partial charge on any atom is -0.444 e. The smallest absolute Gasteiger partial charge is 0.236 e. The number of ether oxygens (including phenoxy) is 2. The van der Waals surface area contributed by atoms with E-state index in [2.05, 4.69) is 15.1 Å². The molecular weight excluding hydrogens is 306 g/mol. The highest BCUT2D eigenvalue weighted by Gasteiger charge is 2.19. The van der Waals surface area contributed by atoms with Gasteiger partial charge in [0.25, 0.3) is 0 Å². The van der Waals surface area contributed by atoms with E-state index in [1.54, 1.807) is 31.8 Å². The number of thiophene rings is 1. The Balaban J connectivity index is 1.70. The van der Waals surface area contributed by atoms with Crippen LogP contribution in [0.15, 0.2) is 32.7 Å². The maximum atomic E-state index is 5.46. The fourth-order valence-corrected chi connectivity index (χ4v) is 2.58. The average Bonchev–Trinajstić information content (AvgIpc) is 3.26. The molecule has 0 amide bonds. The molecule has 0 N–H and O–H groups in total. The Morgan fingerprint density at radius 3 is 2.95 bits per heavy atom. The number of oxazole rings is 1. The Bertz CT molecular complexity index is 707. The number of hydrogen-bond donors (Lipinski definition) is 0. The number of methoxy groups -OCH3 is 2. The van der Waals surface area contributed by atoms with Crippen LogP contribution < -0.4 is 0 Å². The normalized spacial score (nSPS) is 12.6. The summed E-state index contributed by atoms with van der Waals surface area (Å²) < 4.78 is 21.0. The highest BCUT2D eigenvalue weighted by atomic mass is 32.1. The maximum Gasteiger partial charge on any atom is 0.236 e. The molecule has 0 aromatic carbocycles. The molecule has 116 valence electrons. The van der Waals surface area contributed by atoms with Crippen LogP contribution in [0, 0.1) is 0 Å². The molecule has 0 bridgehead atoms. The summed E-state index contributed by atoms with van der Waals surface area (Å²) in [5.41, 5.74) is 0.735. The van der Waals surface area contributed by atoms with Gasteiger partial charge in [0.2, 0.25) is 17.6 Å². The fourth-order valence-electron chi connectivity index (χ4n) is 1.93. The molecule has 0 aliphatic rings. The van der Waals surface area contributed by atoms with Gasteiger partial charge in [0.1, 0.15) is 12.4 Å². The molecule has 3 aromatic heterocycles. The Morgan fingerprint density at radius 2 is 2.23 bits per heavy atom. The first-order valence-electron chi connectivity index (χ1n) is 6.62. The van der Waals surface area contributed by atoms with Crippen molar-refractivity contribution >= 4 is 11.3 Å². The van der Waals surface area contributed by atoms with Gasteiger partial charge in [-0.1, -0.05) is 11.2 Å². The van der Waals surface area contributed by atoms with E-state index in [1.165, 1.54) is 0 Å². The second-order valence-electron chi connectivity index (χ2n) is 4.52. The zero-order valence-electron chi connectivity index (χ0n) is 12.2. The van der Waals surface area contributed by atoms with Crippen molar-refractivity contribution in [3.8, 4) is 10.8 Å². The van der Waals surface area contributed by atoms with E-state index in [1.807, 2.05) is 17.5 Å². The molecule has 0 saturated heterocycles. The van der Waals surface area contributed by atoms with E-state index in [9.17, 15) is 0 Å². The van der Waals surface area contributed by atoms with Gasteiger partial charge in [0.05, 0.1) is 23.6 Å². The second kappa shape index (κ2) is 6.82. The SMILES string of the molecule is COCC(OC)c1noc(Cc2coc(-c3cccs3)n2)n1. The van der Waals surface area contributed by atoms with Gasteiger partial charge in [-0.15, -0.1) is 11.3 Å². The molecule has 0 radical (unpaired) electrons. The van der Waals surface area contributed by atoms with Gasteiger partial charge in [0.15, 0.2) is 0 Å². The molecule has 3 rings (SSSR count). The van der Waals surface area contributed by atoms with Crippen LogP contribution in [0.3, 0.4) is 0 Å². The summed E-state index contributed by atoms with van der Waals surface area (Å²) >= 11 is 1.57. The van der Waals surface area contributed by atoms with Crippen LogP contribution in [0.1, 0.15) is 23.5 Å². The van der Waals surface area contributed by atoms with E-state index >= 15 is 0 Å². The van der Waals surface area contributed by atoms with Crippen molar-refractivity contribution in [1.82, 2.24) is 15.1 Å². The number of aromatic nitrogens is 3. The molecule has 7 nitrogen and oxygen atoms in total. The molecule has 3 heterocycles. The predicted molar refractivity (Wildman–Crippen MR) is 78.5 cm³/mol. The van der Waals surface area contributed by atoms with Gasteiger partial charge < -0.3 is 18.4 Å². The van der Waals surface area contributed by atoms with Crippen LogP contribution in [0.5, 0.6) is 0 Å². The van der Waals surface area contributed by atoms with Crippen LogP contribution in [0.25, 0.3) is 10.8 Å². The summed E-state index contributed by atoms with van der Waals surface area (Å²) in [7, 11) is 3.17. The molecule has 0 saturated carbocycles. The number of hydrogen-bond acceptors (Lipinski definition) is 8. The van der Waals surface area contributed by atoms with E-state index < -0.39 is 0 Å². The first-order chi connectivity index (χ1) is 10.8. The summed E-state index contributed by atoms with van der Waals surface area (Å²) in [4.78, 5) is 9.71. The number of rotatable bonds is 7. The Labute approximate surface area is 130 Å². The fraction of sp³-hybridized carbons (Fsp3) is 0.357. The van der Waals surface area contributed by atoms with Crippen molar-refractivity contribution in [2.45, 2.75) is 12.5 Å². The zero-order valence-corrected chi connectivity index (χ0v) is 13.0. The topological polar surface area (TPSA) is 83.4 Å². The van der Waals surface area contributed by atoms with Crippen molar-refractivity contribution in [2.75, 3.05) is 20.8 Å². The van der Waals surface area contributed by atoms with Gasteiger partial charge in [-0.3, -0.25) is 0 Å². The van der Waals surface area contributed by atoms with E-state index in [0.29, 0.717) is 30.6 Å². The monoisotopic (exact) mass is 321 g/mol. The first kappa shape index (κ1) is 14.9. The van der Waals surface area contributed by atoms with Crippen LogP contribution in [0.4, 0.5) is 0 Å². The van der Waals surface area contributed by atoms with Crippen LogP contribution in [-0.2, 0) is 15.9 Å². The van der Waals surface area contributed by atoms with Gasteiger partial charge in [0, 0.05) is 14.2 Å². The largest absolute Gasteiger partial charge is 0.444 e. The Morgan fingerprint density at radius 1 is 1.32 bits per heavy atom. The zero-order chi connectivity index (χ0) is 15.4. The molecule has 0 spiro atoms. The minimum absolute atomic E-state index is 0.346. The molecule has 0 fully saturated rings. The van der Waals surface area contributed by atoms with Crippen LogP contribution >= 0.6 is 11.3 Å². The lowest BCUT2D eigenvalue weighted by Gasteiger charge is -2.08. The van der Waals surface area contributed by atoms with Gasteiger partial charge >= 0.3 is 0 Å².